The summed E-state index contributed by atoms with van der Waals surface area (Å²) in [4.78, 5) is 91.9. The molecule has 6 amide bonds. The number of benzene rings is 6. The molecule has 0 radical (unpaired) electrons. The van der Waals surface area contributed by atoms with Crippen LogP contribution >= 0.6 is 0 Å². The Hall–Kier alpha value is -9.96. The number of nitrogens with two attached hydrogens (primary N) is 3. The van der Waals surface area contributed by atoms with E-state index in [4.69, 9.17) is 17.2 Å². The van der Waals surface area contributed by atoms with E-state index < -0.39 is 41.8 Å². The molecule has 3 atom stereocenters. The fourth-order valence-corrected chi connectivity index (χ4v) is 11.0. The van der Waals surface area contributed by atoms with Crippen molar-refractivity contribution in [3.63, 3.8) is 0 Å². The molecule has 0 saturated carbocycles. The van der Waals surface area contributed by atoms with E-state index in [2.05, 4.69) is 46.9 Å². The maximum atomic E-state index is 14.0. The van der Waals surface area contributed by atoms with E-state index in [-0.39, 0.29) is 54.2 Å². The third-order valence-corrected chi connectivity index (χ3v) is 15.6. The van der Waals surface area contributed by atoms with E-state index in [0.29, 0.717) is 127 Å². The van der Waals surface area contributed by atoms with E-state index in [1.807, 2.05) is 36.4 Å². The lowest BCUT2D eigenvalue weighted by Crippen LogP contribution is -2.44. The van der Waals surface area contributed by atoms with E-state index >= 15 is 0 Å². The van der Waals surface area contributed by atoms with Gasteiger partial charge in [-0.3, -0.25) is 28.8 Å². The quantitative estimate of drug-likeness (QED) is 0.0151. The fraction of sp³-hybridized carbons (Fsp3) is 0.284. The summed E-state index contributed by atoms with van der Waals surface area (Å²) in [6.07, 6.45) is 9.86. The largest absolute Gasteiger partial charge is 0.508 e. The van der Waals surface area contributed by atoms with E-state index in [1.165, 1.54) is 0 Å². The van der Waals surface area contributed by atoms with Crippen molar-refractivity contribution >= 4 is 85.2 Å². The van der Waals surface area contributed by atoms with Gasteiger partial charge in [-0.25, -0.2) is 0 Å². The Labute approximate surface area is 508 Å². The molecule has 18 N–H and O–H groups in total. The third kappa shape index (κ3) is 16.5. The summed E-state index contributed by atoms with van der Waals surface area (Å²) in [5.74, 6) is -2.54. The molecule has 0 aliphatic carbocycles. The molecule has 3 heterocycles. The van der Waals surface area contributed by atoms with Crippen molar-refractivity contribution < 1.29 is 44.1 Å². The molecular weight excluding hydrogens is 1120 g/mol. The Balaban J connectivity index is 0.930. The molecule has 0 spiro atoms. The standard InChI is InChI=1S/C67H76N12O9/c68-28-4-1-7-58(77-61(83)31-43-37-71-55-25-22-49(80)34-52(43)55)65(86)74-46-16-10-40(11-17-46)64(41-12-18-47(19-13-41)75-66(87)59(8-2-5-29-69)78-62(84)32-44-38-72-56-26-23-50(81)35-53(44)56)42-14-20-48(21-15-42)76-67(88)60(9-3-6-30-70)79-63(85)33-45-39-73-57-27-24-51(82)36-54(45)57/h10-27,34-39,58-60,64,71-73,80-82H,1-9,28-33,68-70H2,(H,74,86)(H,75,87)(H,76,88)(H,77,83)(H,78,84)(H,79,85)/t58-,59-,60-/m0/s1. The van der Waals surface area contributed by atoms with Crippen LogP contribution in [0.2, 0.25) is 0 Å². The van der Waals surface area contributed by atoms with Crippen molar-refractivity contribution in [3.05, 3.63) is 179 Å². The summed E-state index contributed by atoms with van der Waals surface area (Å²) in [5.41, 5.74) is 25.7. The van der Waals surface area contributed by atoms with Gasteiger partial charge in [-0.05, 0) is 202 Å². The highest BCUT2D eigenvalue weighted by Gasteiger charge is 2.26. The number of carbonyl (C=O) groups excluding carboxylic acids is 6. The first-order valence-electron chi connectivity index (χ1n) is 29.7. The number of aromatic amines is 3. The highest BCUT2D eigenvalue weighted by atomic mass is 16.3. The van der Waals surface area contributed by atoms with E-state index in [1.54, 1.807) is 110 Å². The van der Waals surface area contributed by atoms with Crippen molar-refractivity contribution in [3.8, 4) is 17.2 Å². The van der Waals surface area contributed by atoms with Gasteiger partial charge in [0.05, 0.1) is 19.3 Å². The van der Waals surface area contributed by atoms with E-state index in [9.17, 15) is 44.1 Å². The number of fused-ring (bicyclic) bond motifs is 3. The van der Waals surface area contributed by atoms with Gasteiger partial charge >= 0.3 is 0 Å². The molecule has 0 unspecified atom stereocenters. The van der Waals surface area contributed by atoms with Gasteiger partial charge in [0.25, 0.3) is 0 Å². The molecule has 458 valence electrons. The first kappa shape index (κ1) is 62.6. The van der Waals surface area contributed by atoms with Gasteiger partial charge in [0.2, 0.25) is 35.4 Å². The van der Waals surface area contributed by atoms with Crippen LogP contribution in [0.25, 0.3) is 32.7 Å². The van der Waals surface area contributed by atoms with Gasteiger partial charge in [-0.1, -0.05) is 36.4 Å². The number of anilines is 3. The number of rotatable bonds is 30. The van der Waals surface area contributed by atoms with Crippen LogP contribution in [0.3, 0.4) is 0 Å². The Morgan fingerprint density at radius 2 is 0.648 bits per heavy atom. The van der Waals surface area contributed by atoms with Crippen molar-refractivity contribution in [1.29, 1.82) is 0 Å². The Morgan fingerprint density at radius 3 is 0.909 bits per heavy atom. The second-order valence-corrected chi connectivity index (χ2v) is 22.1. The van der Waals surface area contributed by atoms with Crippen LogP contribution in [-0.2, 0) is 48.0 Å². The van der Waals surface area contributed by atoms with Gasteiger partial charge in [-0.2, -0.15) is 0 Å². The summed E-state index contributed by atoms with van der Waals surface area (Å²) in [6.45, 7) is 1.27. The molecule has 9 rings (SSSR count). The molecule has 3 aromatic heterocycles. The normalized spacial score (nSPS) is 12.4. The topological polar surface area (TPSA) is 361 Å². The number of carbonyl (C=O) groups is 6. The van der Waals surface area contributed by atoms with Crippen LogP contribution in [0, 0.1) is 0 Å². The van der Waals surface area contributed by atoms with Crippen molar-refractivity contribution in [1.82, 2.24) is 30.9 Å². The smallest absolute Gasteiger partial charge is 0.246 e. The molecule has 0 aliphatic rings. The summed E-state index contributed by atoms with van der Waals surface area (Å²) in [7, 11) is 0. The number of nitrogens with one attached hydrogen (secondary N) is 9. The van der Waals surface area contributed by atoms with Crippen molar-refractivity contribution in [2.45, 2.75) is 101 Å². The van der Waals surface area contributed by atoms with Crippen molar-refractivity contribution in [2.75, 3.05) is 35.6 Å². The minimum atomic E-state index is -0.874. The van der Waals surface area contributed by atoms with Crippen molar-refractivity contribution in [2.24, 2.45) is 17.2 Å². The minimum Gasteiger partial charge on any atom is -0.508 e. The summed E-state index contributed by atoms with van der Waals surface area (Å²) < 4.78 is 0. The number of aromatic nitrogens is 3. The monoisotopic (exact) mass is 1190 g/mol. The lowest BCUT2D eigenvalue weighted by molar-refractivity contribution is -0.126. The lowest BCUT2D eigenvalue weighted by atomic mass is 9.85. The maximum Gasteiger partial charge on any atom is 0.246 e. The van der Waals surface area contributed by atoms with Gasteiger partial charge in [0.1, 0.15) is 35.4 Å². The maximum absolute atomic E-state index is 14.0. The lowest BCUT2D eigenvalue weighted by Gasteiger charge is -2.22. The second kappa shape index (κ2) is 29.9. The molecule has 9 aromatic rings. The molecule has 0 aliphatic heterocycles. The van der Waals surface area contributed by atoms with Gasteiger partial charge < -0.3 is 79.4 Å². The van der Waals surface area contributed by atoms with Crippen LogP contribution in [0.15, 0.2) is 146 Å². The highest BCUT2D eigenvalue weighted by molar-refractivity contribution is 6.00. The number of amides is 6. The summed E-state index contributed by atoms with van der Waals surface area (Å²) in [6, 6.07) is 34.0. The Kier molecular flexibility index (Phi) is 21.3. The first-order valence-corrected chi connectivity index (χ1v) is 29.7. The SMILES string of the molecule is NCCCC[C@H](NC(=O)Cc1c[nH]c2ccc(O)cc12)C(=O)Nc1ccc(C(c2ccc(NC(=O)[C@H](CCCCN)NC(=O)Cc3c[nH]c4ccc(O)cc34)cc2)c2ccc(NC(=O)[C@H](CCCCN)NC(=O)Cc3c[nH]c4ccc(O)cc34)cc2)cc1. The first-order chi connectivity index (χ1) is 42.6. The average molecular weight is 1190 g/mol. The number of H-pyrrole nitrogens is 3. The Bertz CT molecular complexity index is 3480. The van der Waals surface area contributed by atoms with Gasteiger partial charge in [0, 0.05) is 74.3 Å². The number of hydrogen-bond donors (Lipinski definition) is 15. The number of unbranched alkanes of at least 4 members (excludes halogenated alkanes) is 3. The third-order valence-electron chi connectivity index (χ3n) is 15.6. The predicted molar refractivity (Wildman–Crippen MR) is 342 cm³/mol. The number of phenols is 3. The summed E-state index contributed by atoms with van der Waals surface area (Å²) in [5, 5.41) is 50.1. The van der Waals surface area contributed by atoms with Crippen LogP contribution in [-0.4, -0.2) is 103 Å². The van der Waals surface area contributed by atoms with Gasteiger partial charge in [-0.15, -0.1) is 0 Å². The number of hydrogen-bond acceptors (Lipinski definition) is 12. The number of phenolic OH excluding ortho intramolecular Hbond substituents is 3. The zero-order valence-electron chi connectivity index (χ0n) is 48.8. The molecule has 0 fully saturated rings. The zero-order valence-corrected chi connectivity index (χ0v) is 48.8. The molecule has 0 saturated heterocycles. The van der Waals surface area contributed by atoms with Crippen LogP contribution in [0.5, 0.6) is 17.2 Å². The second-order valence-electron chi connectivity index (χ2n) is 22.1. The van der Waals surface area contributed by atoms with Crippen LogP contribution in [0.1, 0.15) is 97.1 Å². The predicted octanol–water partition coefficient (Wildman–Crippen LogP) is 7.81. The zero-order chi connectivity index (χ0) is 62.1. The highest BCUT2D eigenvalue weighted by Crippen LogP contribution is 2.35. The molecule has 6 aromatic carbocycles. The molecule has 88 heavy (non-hydrogen) atoms. The van der Waals surface area contributed by atoms with Gasteiger partial charge in [0.15, 0.2) is 0 Å². The molecular formula is C67H76N12O9. The number of aromatic hydroxyl groups is 3. The van der Waals surface area contributed by atoms with Crippen LogP contribution < -0.4 is 49.1 Å². The average Bonchev–Trinajstić information content (AvgIpc) is 3.37. The molecule has 0 bridgehead atoms. The van der Waals surface area contributed by atoms with Crippen LogP contribution in [0.4, 0.5) is 17.1 Å². The summed E-state index contributed by atoms with van der Waals surface area (Å²) >= 11 is 0. The fourth-order valence-electron chi connectivity index (χ4n) is 11.0. The van der Waals surface area contributed by atoms with E-state index in [0.717, 1.165) is 33.2 Å². The molecule has 21 heteroatoms. The minimum absolute atomic E-state index is 0.0231. The molecule has 21 nitrogen and oxygen atoms in total. The Morgan fingerprint density at radius 1 is 0.375 bits per heavy atom.